The van der Waals surface area contributed by atoms with E-state index in [0.717, 1.165) is 0 Å². The summed E-state index contributed by atoms with van der Waals surface area (Å²) < 4.78 is 21.1. The van der Waals surface area contributed by atoms with Crippen molar-refractivity contribution in [2.24, 2.45) is 0 Å². The molecule has 0 radical (unpaired) electrons. The molecular weight excluding hydrogens is 307 g/mol. The second kappa shape index (κ2) is 5.42. The van der Waals surface area contributed by atoms with Gasteiger partial charge in [0.05, 0.1) is 5.39 Å². The molecular formula is C15H11O6P. The summed E-state index contributed by atoms with van der Waals surface area (Å²) in [7, 11) is -4.64. The summed E-state index contributed by atoms with van der Waals surface area (Å²) in [6.07, 6.45) is 0. The standard InChI is InChI=1S/C15H11O6P/c16-13-9-15(20-14-7-2-1-6-12(13)14)10-4-3-5-11(8-10)21-22(17,18)19/h1-9H,(H2,17,18,19). The number of fused-ring (bicyclic) bond motifs is 1. The fraction of sp³-hybridized carbons (Fsp3) is 0. The number of hydrogen-bond donors (Lipinski definition) is 2. The first-order valence-electron chi connectivity index (χ1n) is 6.31. The molecule has 0 unspecified atom stereocenters. The molecule has 3 aromatic rings. The minimum Gasteiger partial charge on any atom is -0.456 e. The maximum absolute atomic E-state index is 12.1. The minimum absolute atomic E-state index is 0.0124. The van der Waals surface area contributed by atoms with Crippen molar-refractivity contribution in [2.45, 2.75) is 0 Å². The van der Waals surface area contributed by atoms with Crippen molar-refractivity contribution in [3.63, 3.8) is 0 Å². The molecule has 0 atom stereocenters. The third-order valence-corrected chi connectivity index (χ3v) is 3.43. The molecule has 1 heterocycles. The Balaban J connectivity index is 2.10. The van der Waals surface area contributed by atoms with Crippen LogP contribution in [-0.2, 0) is 4.57 Å². The molecule has 22 heavy (non-hydrogen) atoms. The van der Waals surface area contributed by atoms with Crippen LogP contribution in [-0.4, -0.2) is 9.79 Å². The number of phosphoric acid groups is 1. The smallest absolute Gasteiger partial charge is 0.456 e. The van der Waals surface area contributed by atoms with Crippen LogP contribution in [0.5, 0.6) is 5.75 Å². The number of rotatable bonds is 3. The van der Waals surface area contributed by atoms with Gasteiger partial charge in [0.1, 0.15) is 17.1 Å². The average Bonchev–Trinajstić information content (AvgIpc) is 2.46. The van der Waals surface area contributed by atoms with Crippen LogP contribution in [0.4, 0.5) is 0 Å². The van der Waals surface area contributed by atoms with Crippen molar-refractivity contribution >= 4 is 18.8 Å². The highest BCUT2D eigenvalue weighted by Gasteiger charge is 2.16. The molecule has 112 valence electrons. The SMILES string of the molecule is O=c1cc(-c2cccc(OP(=O)(O)O)c2)oc2ccccc12. The fourth-order valence-electron chi connectivity index (χ4n) is 2.09. The van der Waals surface area contributed by atoms with Gasteiger partial charge in [0.25, 0.3) is 0 Å². The van der Waals surface area contributed by atoms with E-state index in [-0.39, 0.29) is 11.2 Å². The molecule has 0 aliphatic heterocycles. The van der Waals surface area contributed by atoms with Crippen molar-refractivity contribution in [2.75, 3.05) is 0 Å². The van der Waals surface area contributed by atoms with Gasteiger partial charge in [0.15, 0.2) is 5.43 Å². The van der Waals surface area contributed by atoms with Gasteiger partial charge in [-0.15, -0.1) is 0 Å². The van der Waals surface area contributed by atoms with E-state index in [4.69, 9.17) is 14.2 Å². The van der Waals surface area contributed by atoms with Crippen LogP contribution >= 0.6 is 7.82 Å². The van der Waals surface area contributed by atoms with Gasteiger partial charge in [-0.2, -0.15) is 0 Å². The van der Waals surface area contributed by atoms with E-state index < -0.39 is 7.82 Å². The van der Waals surface area contributed by atoms with Crippen LogP contribution in [0.25, 0.3) is 22.3 Å². The van der Waals surface area contributed by atoms with Crippen molar-refractivity contribution in [1.82, 2.24) is 0 Å². The summed E-state index contributed by atoms with van der Waals surface area (Å²) in [4.78, 5) is 29.7. The summed E-state index contributed by atoms with van der Waals surface area (Å²) in [6, 6.07) is 14.2. The number of phosphoric ester groups is 1. The molecule has 1 aromatic heterocycles. The number of benzene rings is 2. The lowest BCUT2D eigenvalue weighted by molar-refractivity contribution is 0.283. The van der Waals surface area contributed by atoms with Gasteiger partial charge in [0.2, 0.25) is 0 Å². The Hall–Kier alpha value is -2.40. The van der Waals surface area contributed by atoms with Crippen LogP contribution in [0.3, 0.4) is 0 Å². The predicted octanol–water partition coefficient (Wildman–Crippen LogP) is 2.93. The normalized spacial score (nSPS) is 11.5. The van der Waals surface area contributed by atoms with E-state index >= 15 is 0 Å². The first kappa shape index (κ1) is 14.5. The maximum Gasteiger partial charge on any atom is 0.524 e. The molecule has 0 aliphatic rings. The van der Waals surface area contributed by atoms with Crippen molar-refractivity contribution in [1.29, 1.82) is 0 Å². The van der Waals surface area contributed by atoms with E-state index in [1.165, 1.54) is 18.2 Å². The molecule has 6 nitrogen and oxygen atoms in total. The number of para-hydroxylation sites is 1. The Morgan fingerprint density at radius 1 is 1.00 bits per heavy atom. The molecule has 0 bridgehead atoms. The second-order valence-electron chi connectivity index (χ2n) is 4.58. The van der Waals surface area contributed by atoms with Gasteiger partial charge in [-0.05, 0) is 24.3 Å². The zero-order valence-corrected chi connectivity index (χ0v) is 12.1. The van der Waals surface area contributed by atoms with E-state index in [2.05, 4.69) is 4.52 Å². The van der Waals surface area contributed by atoms with E-state index in [9.17, 15) is 9.36 Å². The number of hydrogen-bond acceptors (Lipinski definition) is 4. The molecule has 3 rings (SSSR count). The highest BCUT2D eigenvalue weighted by Crippen LogP contribution is 2.38. The average molecular weight is 318 g/mol. The van der Waals surface area contributed by atoms with Crippen molar-refractivity contribution in [3.05, 3.63) is 64.8 Å². The molecule has 2 aromatic carbocycles. The van der Waals surface area contributed by atoms with Gasteiger partial charge >= 0.3 is 7.82 Å². The molecule has 0 amide bonds. The second-order valence-corrected chi connectivity index (χ2v) is 5.74. The molecule has 0 spiro atoms. The first-order chi connectivity index (χ1) is 10.4. The Kier molecular flexibility index (Phi) is 3.58. The summed E-state index contributed by atoms with van der Waals surface area (Å²) in [5.41, 5.74) is 0.721. The van der Waals surface area contributed by atoms with Gasteiger partial charge < -0.3 is 8.94 Å². The third kappa shape index (κ3) is 3.09. The molecule has 0 fully saturated rings. The molecule has 2 N–H and O–H groups in total. The molecule has 7 heteroatoms. The first-order valence-corrected chi connectivity index (χ1v) is 7.84. The molecule has 0 aliphatic carbocycles. The van der Waals surface area contributed by atoms with Crippen LogP contribution < -0.4 is 9.95 Å². The summed E-state index contributed by atoms with van der Waals surface area (Å²) in [5.74, 6) is 0.279. The predicted molar refractivity (Wildman–Crippen MR) is 80.6 cm³/mol. The van der Waals surface area contributed by atoms with Gasteiger partial charge in [-0.1, -0.05) is 24.3 Å². The topological polar surface area (TPSA) is 97.0 Å². The highest BCUT2D eigenvalue weighted by atomic mass is 31.2. The van der Waals surface area contributed by atoms with Crippen molar-refractivity contribution < 1.29 is 23.3 Å². The van der Waals surface area contributed by atoms with Gasteiger partial charge in [-0.25, -0.2) is 4.57 Å². The summed E-state index contributed by atoms with van der Waals surface area (Å²) >= 11 is 0. The Morgan fingerprint density at radius 2 is 1.77 bits per heavy atom. The van der Waals surface area contributed by atoms with Crippen LogP contribution in [0, 0.1) is 0 Å². The van der Waals surface area contributed by atoms with Gasteiger partial charge in [0, 0.05) is 11.6 Å². The zero-order valence-electron chi connectivity index (χ0n) is 11.2. The fourth-order valence-corrected chi connectivity index (χ4v) is 2.48. The third-order valence-electron chi connectivity index (χ3n) is 2.98. The maximum atomic E-state index is 12.1. The highest BCUT2D eigenvalue weighted by molar-refractivity contribution is 7.46. The monoisotopic (exact) mass is 318 g/mol. The van der Waals surface area contributed by atoms with E-state index in [1.54, 1.807) is 36.4 Å². The minimum atomic E-state index is -4.64. The Bertz CT molecular complexity index is 940. The van der Waals surface area contributed by atoms with Gasteiger partial charge in [-0.3, -0.25) is 14.6 Å². The quantitative estimate of drug-likeness (QED) is 0.721. The van der Waals surface area contributed by atoms with E-state index in [1.807, 2.05) is 0 Å². The summed E-state index contributed by atoms with van der Waals surface area (Å²) in [5, 5.41) is 0.467. The summed E-state index contributed by atoms with van der Waals surface area (Å²) in [6.45, 7) is 0. The lowest BCUT2D eigenvalue weighted by Crippen LogP contribution is -2.00. The van der Waals surface area contributed by atoms with Crippen LogP contribution in [0.2, 0.25) is 0 Å². The molecule has 0 saturated heterocycles. The van der Waals surface area contributed by atoms with E-state index in [0.29, 0.717) is 22.3 Å². The molecule has 0 saturated carbocycles. The zero-order chi connectivity index (χ0) is 15.7. The van der Waals surface area contributed by atoms with Crippen molar-refractivity contribution in [3.8, 4) is 17.1 Å². The largest absolute Gasteiger partial charge is 0.524 e. The lowest BCUT2D eigenvalue weighted by Gasteiger charge is -2.08. The Labute approximate surface area is 124 Å². The van der Waals surface area contributed by atoms with Crippen LogP contribution in [0.15, 0.2) is 63.8 Å². The lowest BCUT2D eigenvalue weighted by atomic mass is 10.1. The van der Waals surface area contributed by atoms with Crippen LogP contribution in [0.1, 0.15) is 0 Å². The Morgan fingerprint density at radius 3 is 2.55 bits per heavy atom.